The highest BCUT2D eigenvalue weighted by atomic mass is 16.1. The monoisotopic (exact) mass is 215 g/mol. The Kier molecular flexibility index (Phi) is 2.58. The molecule has 0 radical (unpaired) electrons. The minimum atomic E-state index is 0.117. The van der Waals surface area contributed by atoms with E-state index in [1.54, 1.807) is 6.92 Å². The Morgan fingerprint density at radius 1 is 1.25 bits per heavy atom. The van der Waals surface area contributed by atoms with Gasteiger partial charge in [-0.2, -0.15) is 0 Å². The Labute approximate surface area is 95.7 Å². The Morgan fingerprint density at radius 2 is 1.88 bits per heavy atom. The lowest BCUT2D eigenvalue weighted by Gasteiger charge is -2.02. The SMILES string of the molecule is CCc1c(C(C)=O)[nH]c2c(C)ccc(C)c12. The first-order valence-corrected chi connectivity index (χ1v) is 5.68. The number of ketones is 1. The zero-order chi connectivity index (χ0) is 11.9. The van der Waals surface area contributed by atoms with Crippen LogP contribution in [0.4, 0.5) is 0 Å². The molecule has 0 aliphatic carbocycles. The molecule has 0 bridgehead atoms. The fraction of sp³-hybridized carbons (Fsp3) is 0.357. The van der Waals surface area contributed by atoms with Crippen molar-refractivity contribution in [2.24, 2.45) is 0 Å². The second-order valence-corrected chi connectivity index (χ2v) is 4.34. The van der Waals surface area contributed by atoms with Crippen LogP contribution in [-0.4, -0.2) is 10.8 Å². The number of H-pyrrole nitrogens is 1. The van der Waals surface area contributed by atoms with Gasteiger partial charge in [0.15, 0.2) is 5.78 Å². The van der Waals surface area contributed by atoms with E-state index in [0.717, 1.165) is 23.2 Å². The van der Waals surface area contributed by atoms with Gasteiger partial charge in [-0.3, -0.25) is 4.79 Å². The van der Waals surface area contributed by atoms with Gasteiger partial charge >= 0.3 is 0 Å². The number of benzene rings is 1. The summed E-state index contributed by atoms with van der Waals surface area (Å²) < 4.78 is 0. The van der Waals surface area contributed by atoms with E-state index < -0.39 is 0 Å². The fourth-order valence-corrected chi connectivity index (χ4v) is 2.34. The lowest BCUT2D eigenvalue weighted by molar-refractivity contribution is 0.101. The zero-order valence-electron chi connectivity index (χ0n) is 10.3. The van der Waals surface area contributed by atoms with Gasteiger partial charge in [-0.1, -0.05) is 19.1 Å². The first-order valence-electron chi connectivity index (χ1n) is 5.68. The highest BCUT2D eigenvalue weighted by Gasteiger charge is 2.15. The van der Waals surface area contributed by atoms with Gasteiger partial charge in [0.1, 0.15) is 0 Å². The van der Waals surface area contributed by atoms with E-state index >= 15 is 0 Å². The maximum Gasteiger partial charge on any atom is 0.176 e. The maximum absolute atomic E-state index is 11.6. The van der Waals surface area contributed by atoms with Gasteiger partial charge in [0, 0.05) is 17.8 Å². The molecule has 84 valence electrons. The number of rotatable bonds is 2. The minimum Gasteiger partial charge on any atom is -0.352 e. The van der Waals surface area contributed by atoms with Crippen LogP contribution in [-0.2, 0) is 6.42 Å². The van der Waals surface area contributed by atoms with Crippen LogP contribution in [0.1, 0.15) is 41.0 Å². The third kappa shape index (κ3) is 1.45. The predicted octanol–water partition coefficient (Wildman–Crippen LogP) is 3.55. The van der Waals surface area contributed by atoms with Crippen LogP contribution < -0.4 is 0 Å². The first-order chi connectivity index (χ1) is 7.56. The molecular weight excluding hydrogens is 198 g/mol. The van der Waals surface area contributed by atoms with E-state index in [1.807, 2.05) is 0 Å². The molecule has 16 heavy (non-hydrogen) atoms. The van der Waals surface area contributed by atoms with Crippen molar-refractivity contribution in [2.75, 3.05) is 0 Å². The van der Waals surface area contributed by atoms with Crippen LogP contribution >= 0.6 is 0 Å². The van der Waals surface area contributed by atoms with Crippen molar-refractivity contribution in [3.8, 4) is 0 Å². The summed E-state index contributed by atoms with van der Waals surface area (Å²) in [5.41, 5.74) is 5.48. The van der Waals surface area contributed by atoms with Crippen LogP contribution in [0.2, 0.25) is 0 Å². The van der Waals surface area contributed by atoms with Gasteiger partial charge in [-0.05, 0) is 37.0 Å². The molecule has 0 fully saturated rings. The topological polar surface area (TPSA) is 32.9 Å². The number of aromatic nitrogens is 1. The van der Waals surface area contributed by atoms with Crippen molar-refractivity contribution in [2.45, 2.75) is 34.1 Å². The molecule has 0 saturated heterocycles. The lowest BCUT2D eigenvalue weighted by atomic mass is 10.0. The Balaban J connectivity index is 2.92. The molecule has 1 aromatic heterocycles. The Bertz CT molecular complexity index is 564. The molecule has 1 heterocycles. The molecule has 2 heteroatoms. The van der Waals surface area contributed by atoms with E-state index in [1.165, 1.54) is 16.5 Å². The van der Waals surface area contributed by atoms with Gasteiger partial charge in [0.05, 0.1) is 5.69 Å². The normalized spacial score (nSPS) is 11.0. The van der Waals surface area contributed by atoms with Crippen molar-refractivity contribution >= 4 is 16.7 Å². The largest absolute Gasteiger partial charge is 0.352 e. The number of hydrogen-bond acceptors (Lipinski definition) is 1. The molecule has 2 nitrogen and oxygen atoms in total. The molecule has 0 amide bonds. The van der Waals surface area contributed by atoms with Crippen molar-refractivity contribution in [3.63, 3.8) is 0 Å². The highest BCUT2D eigenvalue weighted by molar-refractivity contribution is 6.02. The summed E-state index contributed by atoms with van der Waals surface area (Å²) >= 11 is 0. The third-order valence-electron chi connectivity index (χ3n) is 3.18. The standard InChI is InChI=1S/C14H17NO/c1-5-11-12-8(2)6-7-9(3)13(12)15-14(11)10(4)16/h6-7,15H,5H2,1-4H3. The molecule has 0 unspecified atom stereocenters. The molecule has 0 aliphatic rings. The molecule has 1 N–H and O–H groups in total. The van der Waals surface area contributed by atoms with Gasteiger partial charge in [0.2, 0.25) is 0 Å². The second-order valence-electron chi connectivity index (χ2n) is 4.34. The fourth-order valence-electron chi connectivity index (χ4n) is 2.34. The summed E-state index contributed by atoms with van der Waals surface area (Å²) in [6.45, 7) is 7.88. The number of carbonyl (C=O) groups excluding carboxylic acids is 1. The van der Waals surface area contributed by atoms with Crippen molar-refractivity contribution in [1.82, 2.24) is 4.98 Å². The van der Waals surface area contributed by atoms with Gasteiger partial charge in [-0.25, -0.2) is 0 Å². The van der Waals surface area contributed by atoms with Crippen LogP contribution in [0.25, 0.3) is 10.9 Å². The number of Topliss-reactive ketones (excluding diaryl/α,β-unsaturated/α-hetero) is 1. The Hall–Kier alpha value is -1.57. The Morgan fingerprint density at radius 3 is 2.44 bits per heavy atom. The average Bonchev–Trinajstić information content (AvgIpc) is 2.64. The summed E-state index contributed by atoms with van der Waals surface area (Å²) in [6, 6.07) is 4.21. The van der Waals surface area contributed by atoms with E-state index in [-0.39, 0.29) is 5.78 Å². The smallest absolute Gasteiger partial charge is 0.176 e. The summed E-state index contributed by atoms with van der Waals surface area (Å²) in [5.74, 6) is 0.117. The van der Waals surface area contributed by atoms with Gasteiger partial charge < -0.3 is 4.98 Å². The van der Waals surface area contributed by atoms with E-state index in [4.69, 9.17) is 0 Å². The predicted molar refractivity (Wildman–Crippen MR) is 67.2 cm³/mol. The molecule has 0 saturated carbocycles. The van der Waals surface area contributed by atoms with Crippen LogP contribution in [0.3, 0.4) is 0 Å². The number of aromatic amines is 1. The van der Waals surface area contributed by atoms with Crippen molar-refractivity contribution < 1.29 is 4.79 Å². The van der Waals surface area contributed by atoms with Crippen molar-refractivity contribution in [3.05, 3.63) is 34.5 Å². The maximum atomic E-state index is 11.6. The summed E-state index contributed by atoms with van der Waals surface area (Å²) in [7, 11) is 0. The summed E-state index contributed by atoms with van der Waals surface area (Å²) in [6.07, 6.45) is 0.888. The van der Waals surface area contributed by atoms with E-state index in [2.05, 4.69) is 37.9 Å². The second kappa shape index (κ2) is 3.78. The number of aryl methyl sites for hydroxylation is 3. The lowest BCUT2D eigenvalue weighted by Crippen LogP contribution is -1.96. The number of carbonyl (C=O) groups is 1. The minimum absolute atomic E-state index is 0.117. The van der Waals surface area contributed by atoms with Crippen LogP contribution in [0.15, 0.2) is 12.1 Å². The third-order valence-corrected chi connectivity index (χ3v) is 3.18. The zero-order valence-corrected chi connectivity index (χ0v) is 10.3. The molecule has 2 rings (SSSR count). The molecule has 0 spiro atoms. The molecular formula is C14H17NO. The number of nitrogens with one attached hydrogen (secondary N) is 1. The molecule has 0 atom stereocenters. The van der Waals surface area contributed by atoms with Crippen LogP contribution in [0, 0.1) is 13.8 Å². The number of fused-ring (bicyclic) bond motifs is 1. The molecule has 2 aromatic rings. The van der Waals surface area contributed by atoms with Crippen LogP contribution in [0.5, 0.6) is 0 Å². The molecule has 0 aliphatic heterocycles. The summed E-state index contributed by atoms with van der Waals surface area (Å²) in [4.78, 5) is 14.9. The van der Waals surface area contributed by atoms with Crippen molar-refractivity contribution in [1.29, 1.82) is 0 Å². The first kappa shape index (κ1) is 10.9. The average molecular weight is 215 g/mol. The quantitative estimate of drug-likeness (QED) is 0.763. The number of hydrogen-bond donors (Lipinski definition) is 1. The molecule has 1 aromatic carbocycles. The van der Waals surface area contributed by atoms with E-state index in [0.29, 0.717) is 0 Å². The van der Waals surface area contributed by atoms with Gasteiger partial charge in [0.25, 0.3) is 0 Å². The van der Waals surface area contributed by atoms with E-state index in [9.17, 15) is 4.79 Å². The highest BCUT2D eigenvalue weighted by Crippen LogP contribution is 2.28. The van der Waals surface area contributed by atoms with Gasteiger partial charge in [-0.15, -0.1) is 0 Å². The summed E-state index contributed by atoms with van der Waals surface area (Å²) in [5, 5.41) is 1.23.